The number of carbonyl (C=O) groups excluding carboxylic acids is 1. The second-order valence-electron chi connectivity index (χ2n) is 9.58. The number of benzene rings is 1. The molecule has 2 aliphatic rings. The molecular formula is C23H35FN2O. The fourth-order valence-corrected chi connectivity index (χ4v) is 5.23. The third-order valence-corrected chi connectivity index (χ3v) is 7.15. The first-order valence-electron chi connectivity index (χ1n) is 10.5. The number of hydrogen-bond acceptors (Lipinski definition) is 2. The summed E-state index contributed by atoms with van der Waals surface area (Å²) in [5, 5.41) is 2.85. The van der Waals surface area contributed by atoms with E-state index in [0.29, 0.717) is 11.5 Å². The molecule has 3 nitrogen and oxygen atoms in total. The maximum absolute atomic E-state index is 13.4. The molecule has 1 amide bonds. The van der Waals surface area contributed by atoms with Gasteiger partial charge in [0.05, 0.1) is 5.41 Å². The quantitative estimate of drug-likeness (QED) is 0.844. The van der Waals surface area contributed by atoms with Gasteiger partial charge in [-0.05, 0) is 80.6 Å². The smallest absolute Gasteiger partial charge is 0.230 e. The van der Waals surface area contributed by atoms with Crippen LogP contribution in [-0.2, 0) is 10.2 Å². The van der Waals surface area contributed by atoms with E-state index in [-0.39, 0.29) is 11.7 Å². The Kier molecular flexibility index (Phi) is 5.95. The molecule has 1 heterocycles. The predicted octanol–water partition coefficient (Wildman–Crippen LogP) is 4.51. The average Bonchev–Trinajstić information content (AvgIpc) is 2.67. The van der Waals surface area contributed by atoms with Gasteiger partial charge in [-0.1, -0.05) is 32.9 Å². The SMILES string of the molecule is CNC(=O)C1(c2ccc(F)cc2)CCN(C2CCC(C(C)(C)C)CC2)CC1. The highest BCUT2D eigenvalue weighted by Gasteiger charge is 2.44. The number of likely N-dealkylation sites (tertiary alicyclic amines) is 1. The number of nitrogens with one attached hydrogen (secondary N) is 1. The van der Waals surface area contributed by atoms with Crippen LogP contribution in [0.4, 0.5) is 4.39 Å². The first kappa shape index (κ1) is 20.3. The Balaban J connectivity index is 1.67. The summed E-state index contributed by atoms with van der Waals surface area (Å²) in [6.07, 6.45) is 6.76. The van der Waals surface area contributed by atoms with E-state index in [1.165, 1.54) is 37.8 Å². The summed E-state index contributed by atoms with van der Waals surface area (Å²) in [6.45, 7) is 8.96. The maximum Gasteiger partial charge on any atom is 0.230 e. The fraction of sp³-hybridized carbons (Fsp3) is 0.696. The Morgan fingerprint density at radius 2 is 1.63 bits per heavy atom. The van der Waals surface area contributed by atoms with E-state index >= 15 is 0 Å². The molecule has 0 atom stereocenters. The van der Waals surface area contributed by atoms with Crippen LogP contribution in [-0.4, -0.2) is 37.0 Å². The van der Waals surface area contributed by atoms with E-state index < -0.39 is 5.41 Å². The van der Waals surface area contributed by atoms with Gasteiger partial charge in [-0.25, -0.2) is 4.39 Å². The van der Waals surface area contributed by atoms with Crippen molar-refractivity contribution >= 4 is 5.91 Å². The number of carbonyl (C=O) groups is 1. The van der Waals surface area contributed by atoms with E-state index in [1.54, 1.807) is 19.2 Å². The molecule has 0 bridgehead atoms. The van der Waals surface area contributed by atoms with Crippen LogP contribution >= 0.6 is 0 Å². The number of amides is 1. The van der Waals surface area contributed by atoms with Crippen LogP contribution in [0.1, 0.15) is 64.9 Å². The van der Waals surface area contributed by atoms with Crippen LogP contribution in [0.25, 0.3) is 0 Å². The predicted molar refractivity (Wildman–Crippen MR) is 108 cm³/mol. The minimum atomic E-state index is -0.526. The lowest BCUT2D eigenvalue weighted by Crippen LogP contribution is -2.53. The molecule has 27 heavy (non-hydrogen) atoms. The van der Waals surface area contributed by atoms with Gasteiger partial charge in [0.15, 0.2) is 0 Å². The van der Waals surface area contributed by atoms with Crippen LogP contribution in [0.3, 0.4) is 0 Å². The zero-order chi connectivity index (χ0) is 19.7. The number of rotatable bonds is 3. The highest BCUT2D eigenvalue weighted by atomic mass is 19.1. The highest BCUT2D eigenvalue weighted by molar-refractivity contribution is 5.88. The molecule has 0 unspecified atom stereocenters. The molecule has 2 fully saturated rings. The Labute approximate surface area is 163 Å². The van der Waals surface area contributed by atoms with Crippen molar-refractivity contribution in [2.24, 2.45) is 11.3 Å². The zero-order valence-corrected chi connectivity index (χ0v) is 17.4. The number of hydrogen-bond donors (Lipinski definition) is 1. The minimum absolute atomic E-state index is 0.0604. The first-order valence-corrected chi connectivity index (χ1v) is 10.5. The van der Waals surface area contributed by atoms with Crippen molar-refractivity contribution in [1.29, 1.82) is 0 Å². The van der Waals surface area contributed by atoms with E-state index in [1.807, 2.05) is 0 Å². The third kappa shape index (κ3) is 4.21. The van der Waals surface area contributed by atoms with Crippen molar-refractivity contribution in [3.8, 4) is 0 Å². The summed E-state index contributed by atoms with van der Waals surface area (Å²) >= 11 is 0. The second-order valence-corrected chi connectivity index (χ2v) is 9.58. The molecule has 1 N–H and O–H groups in total. The normalized spacial score (nSPS) is 26.6. The van der Waals surface area contributed by atoms with Gasteiger partial charge < -0.3 is 10.2 Å². The lowest BCUT2D eigenvalue weighted by atomic mass is 9.69. The molecule has 0 aromatic heterocycles. The topological polar surface area (TPSA) is 32.3 Å². The minimum Gasteiger partial charge on any atom is -0.358 e. The fourth-order valence-electron chi connectivity index (χ4n) is 5.23. The van der Waals surface area contributed by atoms with Crippen molar-refractivity contribution in [2.45, 2.75) is 70.8 Å². The number of halogens is 1. The Hall–Kier alpha value is -1.42. The Morgan fingerprint density at radius 3 is 2.11 bits per heavy atom. The summed E-state index contributed by atoms with van der Waals surface area (Å²) in [5.74, 6) is 0.631. The standard InChI is InChI=1S/C23H35FN2O/c1-22(2,3)17-7-11-20(12-8-17)26-15-13-23(14-16-26,21(27)25-4)18-5-9-19(24)10-6-18/h5-6,9-10,17,20H,7-8,11-16H2,1-4H3,(H,25,27). The average molecular weight is 375 g/mol. The Morgan fingerprint density at radius 1 is 1.07 bits per heavy atom. The molecule has 0 radical (unpaired) electrons. The highest BCUT2D eigenvalue weighted by Crippen LogP contribution is 2.41. The van der Waals surface area contributed by atoms with E-state index in [9.17, 15) is 9.18 Å². The van der Waals surface area contributed by atoms with Gasteiger partial charge in [-0.3, -0.25) is 4.79 Å². The van der Waals surface area contributed by atoms with Gasteiger partial charge in [-0.15, -0.1) is 0 Å². The molecule has 150 valence electrons. The van der Waals surface area contributed by atoms with Crippen molar-refractivity contribution in [2.75, 3.05) is 20.1 Å². The van der Waals surface area contributed by atoms with Crippen LogP contribution in [0, 0.1) is 17.2 Å². The summed E-state index contributed by atoms with van der Waals surface area (Å²) in [7, 11) is 1.70. The van der Waals surface area contributed by atoms with E-state index in [4.69, 9.17) is 0 Å². The van der Waals surface area contributed by atoms with E-state index in [2.05, 4.69) is 31.0 Å². The van der Waals surface area contributed by atoms with Crippen molar-refractivity contribution in [1.82, 2.24) is 10.2 Å². The van der Waals surface area contributed by atoms with Crippen molar-refractivity contribution < 1.29 is 9.18 Å². The van der Waals surface area contributed by atoms with Gasteiger partial charge in [0.25, 0.3) is 0 Å². The Bertz CT molecular complexity index is 633. The lowest BCUT2D eigenvalue weighted by Gasteiger charge is -2.46. The molecule has 1 aromatic carbocycles. The number of nitrogens with zero attached hydrogens (tertiary/aromatic N) is 1. The van der Waals surface area contributed by atoms with Gasteiger partial charge in [-0.2, -0.15) is 0 Å². The molecule has 3 rings (SSSR count). The summed E-state index contributed by atoms with van der Waals surface area (Å²) in [5.41, 5.74) is 0.824. The van der Waals surface area contributed by atoms with Crippen molar-refractivity contribution in [3.63, 3.8) is 0 Å². The van der Waals surface area contributed by atoms with E-state index in [0.717, 1.165) is 37.4 Å². The first-order chi connectivity index (χ1) is 12.8. The summed E-state index contributed by atoms with van der Waals surface area (Å²) < 4.78 is 13.4. The van der Waals surface area contributed by atoms with Crippen LogP contribution in [0.5, 0.6) is 0 Å². The zero-order valence-electron chi connectivity index (χ0n) is 17.4. The molecule has 1 saturated carbocycles. The molecule has 0 spiro atoms. The van der Waals surface area contributed by atoms with Gasteiger partial charge >= 0.3 is 0 Å². The monoisotopic (exact) mass is 374 g/mol. The third-order valence-electron chi connectivity index (χ3n) is 7.15. The van der Waals surface area contributed by atoms with Gasteiger partial charge in [0, 0.05) is 13.1 Å². The van der Waals surface area contributed by atoms with Gasteiger partial charge in [0.2, 0.25) is 5.91 Å². The lowest BCUT2D eigenvalue weighted by molar-refractivity contribution is -0.128. The molecule has 1 aliphatic carbocycles. The number of likely N-dealkylation sites (N-methyl/N-ethyl adjacent to an activating group) is 1. The molecule has 1 aliphatic heterocycles. The van der Waals surface area contributed by atoms with Crippen molar-refractivity contribution in [3.05, 3.63) is 35.6 Å². The van der Waals surface area contributed by atoms with Crippen LogP contribution in [0.15, 0.2) is 24.3 Å². The van der Waals surface area contributed by atoms with Gasteiger partial charge in [0.1, 0.15) is 5.82 Å². The summed E-state index contributed by atoms with van der Waals surface area (Å²) in [6, 6.07) is 7.17. The largest absolute Gasteiger partial charge is 0.358 e. The molecule has 4 heteroatoms. The van der Waals surface area contributed by atoms with Crippen LogP contribution in [0.2, 0.25) is 0 Å². The second kappa shape index (κ2) is 7.90. The summed E-state index contributed by atoms with van der Waals surface area (Å²) in [4.78, 5) is 15.4. The molecule has 1 aromatic rings. The van der Waals surface area contributed by atoms with Crippen LogP contribution < -0.4 is 5.32 Å². The molecular weight excluding hydrogens is 339 g/mol. The molecule has 1 saturated heterocycles. The maximum atomic E-state index is 13.4. The number of piperidine rings is 1.